The first kappa shape index (κ1) is 18.0. The van der Waals surface area contributed by atoms with Crippen molar-refractivity contribution in [3.8, 4) is 0 Å². The predicted molar refractivity (Wildman–Crippen MR) is 101 cm³/mol. The molecule has 0 saturated heterocycles. The van der Waals surface area contributed by atoms with Crippen LogP contribution in [-0.4, -0.2) is 17.5 Å². The van der Waals surface area contributed by atoms with Crippen LogP contribution in [0, 0.1) is 13.8 Å². The van der Waals surface area contributed by atoms with Gasteiger partial charge < -0.3 is 10.6 Å². The lowest BCUT2D eigenvalue weighted by atomic mass is 10.1. The monoisotopic (exact) mass is 324 g/mol. The largest absolute Gasteiger partial charge is 0.356 e. The number of guanidine groups is 1. The third kappa shape index (κ3) is 6.41. The molecule has 2 rings (SSSR count). The molecule has 4 heteroatoms. The molecule has 4 nitrogen and oxygen atoms in total. The average molecular weight is 324 g/mol. The zero-order valence-corrected chi connectivity index (χ0v) is 15.0. The van der Waals surface area contributed by atoms with Crippen LogP contribution in [0.5, 0.6) is 0 Å². The van der Waals surface area contributed by atoms with Crippen LogP contribution < -0.4 is 10.6 Å². The number of nitrogens with zero attached hydrogens (tertiary/aromatic N) is 2. The Hall–Kier alpha value is -2.36. The van der Waals surface area contributed by atoms with E-state index in [1.54, 1.807) is 0 Å². The highest BCUT2D eigenvalue weighted by Gasteiger charge is 2.00. The van der Waals surface area contributed by atoms with E-state index in [0.717, 1.165) is 36.6 Å². The zero-order chi connectivity index (χ0) is 17.2. The van der Waals surface area contributed by atoms with Crippen molar-refractivity contribution in [2.45, 2.75) is 46.7 Å². The van der Waals surface area contributed by atoms with Crippen molar-refractivity contribution in [3.05, 3.63) is 65.0 Å². The van der Waals surface area contributed by atoms with Gasteiger partial charge >= 0.3 is 0 Å². The molecule has 0 amide bonds. The first-order valence-electron chi connectivity index (χ1n) is 8.65. The molecule has 0 aliphatic heterocycles. The molecule has 1 aromatic heterocycles. The van der Waals surface area contributed by atoms with E-state index in [-0.39, 0.29) is 0 Å². The maximum absolute atomic E-state index is 4.69. The second-order valence-electron chi connectivity index (χ2n) is 6.15. The maximum atomic E-state index is 4.69. The molecule has 0 saturated carbocycles. The first-order valence-corrected chi connectivity index (χ1v) is 8.65. The van der Waals surface area contributed by atoms with Crippen LogP contribution in [-0.2, 0) is 13.1 Å². The topological polar surface area (TPSA) is 49.3 Å². The third-order valence-corrected chi connectivity index (χ3v) is 3.75. The summed E-state index contributed by atoms with van der Waals surface area (Å²) in [5.74, 6) is 0.852. The molecule has 0 bridgehead atoms. The number of pyridine rings is 1. The fourth-order valence-electron chi connectivity index (χ4n) is 2.32. The van der Waals surface area contributed by atoms with Gasteiger partial charge in [-0.2, -0.15) is 0 Å². The fraction of sp³-hybridized carbons (Fsp3) is 0.400. The minimum Gasteiger partial charge on any atom is -0.356 e. The Kier molecular flexibility index (Phi) is 7.27. The molecular formula is C20H28N4. The lowest BCUT2D eigenvalue weighted by Gasteiger charge is -2.13. The Morgan fingerprint density at radius 2 is 1.79 bits per heavy atom. The second kappa shape index (κ2) is 9.71. The summed E-state index contributed by atoms with van der Waals surface area (Å²) in [6.45, 7) is 8.68. The van der Waals surface area contributed by atoms with Gasteiger partial charge in [-0.1, -0.05) is 49.2 Å². The fourth-order valence-corrected chi connectivity index (χ4v) is 2.32. The summed E-state index contributed by atoms with van der Waals surface area (Å²) in [4.78, 5) is 8.92. The summed E-state index contributed by atoms with van der Waals surface area (Å²) >= 11 is 0. The minimum atomic E-state index is 0.629. The van der Waals surface area contributed by atoms with Crippen molar-refractivity contribution in [2.24, 2.45) is 4.99 Å². The predicted octanol–water partition coefficient (Wildman–Crippen LogP) is 3.73. The van der Waals surface area contributed by atoms with Gasteiger partial charge in [-0.3, -0.25) is 4.98 Å². The quantitative estimate of drug-likeness (QED) is 0.463. The molecule has 0 fully saturated rings. The number of aliphatic imine (C=N–C) groups is 1. The van der Waals surface area contributed by atoms with E-state index in [1.165, 1.54) is 17.5 Å². The molecule has 128 valence electrons. The molecule has 0 radical (unpaired) electrons. The number of hydrogen-bond acceptors (Lipinski definition) is 2. The highest BCUT2D eigenvalue weighted by molar-refractivity contribution is 5.79. The van der Waals surface area contributed by atoms with Crippen molar-refractivity contribution in [1.82, 2.24) is 15.6 Å². The Morgan fingerprint density at radius 3 is 2.50 bits per heavy atom. The van der Waals surface area contributed by atoms with Gasteiger partial charge in [0.25, 0.3) is 0 Å². The molecule has 0 unspecified atom stereocenters. The van der Waals surface area contributed by atoms with E-state index in [9.17, 15) is 0 Å². The van der Waals surface area contributed by atoms with E-state index in [2.05, 4.69) is 66.7 Å². The van der Waals surface area contributed by atoms with E-state index >= 15 is 0 Å². The van der Waals surface area contributed by atoms with Gasteiger partial charge in [0.05, 0.1) is 6.54 Å². The second-order valence-corrected chi connectivity index (χ2v) is 6.15. The Bertz CT molecular complexity index is 647. The summed E-state index contributed by atoms with van der Waals surface area (Å²) in [5.41, 5.74) is 4.82. The van der Waals surface area contributed by atoms with Crippen LogP contribution in [0.4, 0.5) is 0 Å². The lowest BCUT2D eigenvalue weighted by molar-refractivity contribution is 0.724. The summed E-state index contributed by atoms with van der Waals surface area (Å²) < 4.78 is 0. The van der Waals surface area contributed by atoms with Crippen molar-refractivity contribution in [2.75, 3.05) is 6.54 Å². The van der Waals surface area contributed by atoms with E-state index < -0.39 is 0 Å². The van der Waals surface area contributed by atoms with Gasteiger partial charge in [0.15, 0.2) is 5.96 Å². The van der Waals surface area contributed by atoms with Crippen LogP contribution in [0.2, 0.25) is 0 Å². The highest BCUT2D eigenvalue weighted by Crippen LogP contribution is 2.04. The van der Waals surface area contributed by atoms with Crippen molar-refractivity contribution in [3.63, 3.8) is 0 Å². The standard InChI is InChI=1S/C20H28N4/c1-4-5-10-22-20(23-14-18-8-6-16(2)7-9-18)24-15-19-11-17(3)12-21-13-19/h6-9,11-13H,4-5,10,14-15H2,1-3H3,(H2,22,23,24). The van der Waals surface area contributed by atoms with Crippen LogP contribution in [0.25, 0.3) is 0 Å². The summed E-state index contributed by atoms with van der Waals surface area (Å²) in [6.07, 6.45) is 6.04. The smallest absolute Gasteiger partial charge is 0.191 e. The van der Waals surface area contributed by atoms with Gasteiger partial charge in [-0.25, -0.2) is 4.99 Å². The number of hydrogen-bond donors (Lipinski definition) is 2. The molecule has 0 atom stereocenters. The minimum absolute atomic E-state index is 0.629. The van der Waals surface area contributed by atoms with Gasteiger partial charge in [-0.05, 0) is 37.0 Å². The lowest BCUT2D eigenvalue weighted by Crippen LogP contribution is -2.37. The molecule has 2 N–H and O–H groups in total. The van der Waals surface area contributed by atoms with Gasteiger partial charge in [0.2, 0.25) is 0 Å². The van der Waals surface area contributed by atoms with Crippen molar-refractivity contribution in [1.29, 1.82) is 0 Å². The molecule has 1 heterocycles. The van der Waals surface area contributed by atoms with Gasteiger partial charge in [0.1, 0.15) is 0 Å². The number of aryl methyl sites for hydroxylation is 2. The first-order chi connectivity index (χ1) is 11.7. The SMILES string of the molecule is CCCCNC(=NCc1cncc(C)c1)NCc1ccc(C)cc1. The third-order valence-electron chi connectivity index (χ3n) is 3.75. The van der Waals surface area contributed by atoms with Crippen LogP contribution in [0.1, 0.15) is 42.0 Å². The van der Waals surface area contributed by atoms with Crippen molar-refractivity contribution < 1.29 is 0 Å². The van der Waals surface area contributed by atoms with Crippen molar-refractivity contribution >= 4 is 5.96 Å². The average Bonchev–Trinajstić information content (AvgIpc) is 2.58. The number of aromatic nitrogens is 1. The molecule has 0 aliphatic rings. The van der Waals surface area contributed by atoms with Gasteiger partial charge in [0, 0.05) is 25.5 Å². The molecule has 1 aromatic carbocycles. The number of benzene rings is 1. The van der Waals surface area contributed by atoms with Crippen LogP contribution >= 0.6 is 0 Å². The normalized spacial score (nSPS) is 11.4. The Balaban J connectivity index is 1.97. The summed E-state index contributed by atoms with van der Waals surface area (Å²) in [5, 5.41) is 6.82. The van der Waals surface area contributed by atoms with E-state index in [4.69, 9.17) is 4.99 Å². The van der Waals surface area contributed by atoms with E-state index in [0.29, 0.717) is 6.54 Å². The van der Waals surface area contributed by atoms with E-state index in [1.807, 2.05) is 12.4 Å². The molecule has 0 aliphatic carbocycles. The molecule has 24 heavy (non-hydrogen) atoms. The van der Waals surface area contributed by atoms with Gasteiger partial charge in [-0.15, -0.1) is 0 Å². The Morgan fingerprint density at radius 1 is 1.00 bits per heavy atom. The molecule has 2 aromatic rings. The van der Waals surface area contributed by atoms with Crippen LogP contribution in [0.15, 0.2) is 47.7 Å². The molecule has 0 spiro atoms. The summed E-state index contributed by atoms with van der Waals surface area (Å²) in [6, 6.07) is 10.7. The number of rotatable bonds is 7. The summed E-state index contributed by atoms with van der Waals surface area (Å²) in [7, 11) is 0. The number of nitrogens with one attached hydrogen (secondary N) is 2. The zero-order valence-electron chi connectivity index (χ0n) is 15.0. The maximum Gasteiger partial charge on any atom is 0.191 e. The highest BCUT2D eigenvalue weighted by atomic mass is 15.2. The molecular weight excluding hydrogens is 296 g/mol. The Labute approximate surface area is 145 Å². The van der Waals surface area contributed by atoms with Crippen LogP contribution in [0.3, 0.4) is 0 Å². The number of unbranched alkanes of at least 4 members (excludes halogenated alkanes) is 1.